The molecule has 0 radical (unpaired) electrons. The number of thiazole rings is 1. The Kier molecular flexibility index (Phi) is 4.08. The van der Waals surface area contributed by atoms with E-state index in [1.807, 2.05) is 5.51 Å². The number of hydrogen-bond acceptors (Lipinski definition) is 3. The van der Waals surface area contributed by atoms with Crippen molar-refractivity contribution in [2.24, 2.45) is 11.3 Å². The normalized spacial score (nSPS) is 14.3. The first-order valence-electron chi connectivity index (χ1n) is 5.08. The molecule has 1 aromatic heterocycles. The van der Waals surface area contributed by atoms with Crippen molar-refractivity contribution >= 4 is 11.3 Å². The van der Waals surface area contributed by atoms with E-state index < -0.39 is 0 Å². The highest BCUT2D eigenvalue weighted by Gasteiger charge is 2.19. The van der Waals surface area contributed by atoms with Crippen LogP contribution < -0.4 is 5.32 Å². The minimum absolute atomic E-state index is 0.384. The third kappa shape index (κ3) is 3.76. The molecule has 0 saturated heterocycles. The molecule has 0 saturated carbocycles. The van der Waals surface area contributed by atoms with Crippen LogP contribution in [0.2, 0.25) is 0 Å². The van der Waals surface area contributed by atoms with Crippen molar-refractivity contribution in [2.75, 3.05) is 6.54 Å². The lowest BCUT2D eigenvalue weighted by Gasteiger charge is -2.27. The average Bonchev–Trinajstić information content (AvgIpc) is 2.55. The largest absolute Gasteiger partial charge is 0.311 e. The Hall–Kier alpha value is -0.410. The second-order valence-electron chi connectivity index (χ2n) is 4.88. The molecule has 1 N–H and O–H groups in total. The molecule has 80 valence electrons. The third-order valence-corrected chi connectivity index (χ3v) is 3.35. The van der Waals surface area contributed by atoms with E-state index in [0.717, 1.165) is 18.8 Å². The van der Waals surface area contributed by atoms with Crippen LogP contribution in [0.1, 0.15) is 33.4 Å². The molecule has 2 nitrogen and oxygen atoms in total. The molecule has 1 rings (SSSR count). The number of aromatic nitrogens is 1. The standard InChI is InChI=1S/C11H20N2S/c1-9(11(2,3)4)5-12-6-10-7-14-8-13-10/h7-9,12H,5-6H2,1-4H3. The fraction of sp³-hybridized carbons (Fsp3) is 0.727. The van der Waals surface area contributed by atoms with Gasteiger partial charge in [-0.25, -0.2) is 4.98 Å². The van der Waals surface area contributed by atoms with E-state index in [0.29, 0.717) is 11.3 Å². The molecule has 0 aliphatic carbocycles. The fourth-order valence-electron chi connectivity index (χ4n) is 1.05. The zero-order valence-electron chi connectivity index (χ0n) is 9.50. The lowest BCUT2D eigenvalue weighted by atomic mass is 9.82. The lowest BCUT2D eigenvalue weighted by molar-refractivity contribution is 0.252. The summed E-state index contributed by atoms with van der Waals surface area (Å²) in [4.78, 5) is 4.23. The molecule has 3 heteroatoms. The summed E-state index contributed by atoms with van der Waals surface area (Å²) in [5.41, 5.74) is 3.41. The van der Waals surface area contributed by atoms with Gasteiger partial charge >= 0.3 is 0 Å². The van der Waals surface area contributed by atoms with Gasteiger partial charge in [-0.15, -0.1) is 11.3 Å². The quantitative estimate of drug-likeness (QED) is 0.830. The summed E-state index contributed by atoms with van der Waals surface area (Å²) in [6.07, 6.45) is 0. The van der Waals surface area contributed by atoms with Crippen LogP contribution in [0.3, 0.4) is 0 Å². The first kappa shape index (κ1) is 11.7. The van der Waals surface area contributed by atoms with Crippen LogP contribution in [-0.4, -0.2) is 11.5 Å². The zero-order valence-corrected chi connectivity index (χ0v) is 10.3. The van der Waals surface area contributed by atoms with Crippen molar-refractivity contribution in [1.82, 2.24) is 10.3 Å². The van der Waals surface area contributed by atoms with E-state index in [1.54, 1.807) is 11.3 Å². The highest BCUT2D eigenvalue weighted by Crippen LogP contribution is 2.24. The second kappa shape index (κ2) is 4.89. The van der Waals surface area contributed by atoms with Crippen LogP contribution in [0, 0.1) is 11.3 Å². The summed E-state index contributed by atoms with van der Waals surface area (Å²) in [6, 6.07) is 0. The van der Waals surface area contributed by atoms with E-state index in [-0.39, 0.29) is 0 Å². The molecule has 0 aromatic carbocycles. The van der Waals surface area contributed by atoms with Crippen LogP contribution >= 0.6 is 11.3 Å². The summed E-state index contributed by atoms with van der Waals surface area (Å²) in [7, 11) is 0. The SMILES string of the molecule is CC(CNCc1cscn1)C(C)(C)C. The topological polar surface area (TPSA) is 24.9 Å². The summed E-state index contributed by atoms with van der Waals surface area (Å²) < 4.78 is 0. The van der Waals surface area contributed by atoms with Gasteiger partial charge in [0.25, 0.3) is 0 Å². The van der Waals surface area contributed by atoms with Gasteiger partial charge in [0.15, 0.2) is 0 Å². The Morgan fingerprint density at radius 2 is 2.21 bits per heavy atom. The summed E-state index contributed by atoms with van der Waals surface area (Å²) in [5, 5.41) is 5.53. The van der Waals surface area contributed by atoms with Gasteiger partial charge in [0, 0.05) is 11.9 Å². The summed E-state index contributed by atoms with van der Waals surface area (Å²) >= 11 is 1.65. The van der Waals surface area contributed by atoms with Crippen molar-refractivity contribution < 1.29 is 0 Å². The Labute approximate surface area is 90.8 Å². The third-order valence-electron chi connectivity index (χ3n) is 2.72. The number of hydrogen-bond donors (Lipinski definition) is 1. The van der Waals surface area contributed by atoms with Gasteiger partial charge in [-0.2, -0.15) is 0 Å². The summed E-state index contributed by atoms with van der Waals surface area (Å²) in [6.45, 7) is 11.1. The first-order chi connectivity index (χ1) is 6.50. The molecular weight excluding hydrogens is 192 g/mol. The van der Waals surface area contributed by atoms with Gasteiger partial charge in [0.2, 0.25) is 0 Å². The molecule has 0 spiro atoms. The Bertz CT molecular complexity index is 249. The molecule has 0 amide bonds. The molecule has 0 aliphatic rings. The fourth-order valence-corrected chi connectivity index (χ4v) is 1.61. The predicted octanol–water partition coefficient (Wildman–Crippen LogP) is 2.91. The molecule has 1 atom stereocenters. The van der Waals surface area contributed by atoms with Gasteiger partial charge in [-0.05, 0) is 17.9 Å². The maximum absolute atomic E-state index is 4.23. The van der Waals surface area contributed by atoms with Gasteiger partial charge in [0.05, 0.1) is 11.2 Å². The maximum atomic E-state index is 4.23. The molecule has 14 heavy (non-hydrogen) atoms. The van der Waals surface area contributed by atoms with Gasteiger partial charge in [-0.1, -0.05) is 27.7 Å². The first-order valence-corrected chi connectivity index (χ1v) is 6.02. The monoisotopic (exact) mass is 212 g/mol. The zero-order chi connectivity index (χ0) is 10.6. The van der Waals surface area contributed by atoms with E-state index in [4.69, 9.17) is 0 Å². The van der Waals surface area contributed by atoms with Crippen molar-refractivity contribution in [3.8, 4) is 0 Å². The highest BCUT2D eigenvalue weighted by molar-refractivity contribution is 7.07. The van der Waals surface area contributed by atoms with Crippen LogP contribution in [0.15, 0.2) is 10.9 Å². The predicted molar refractivity (Wildman–Crippen MR) is 62.4 cm³/mol. The van der Waals surface area contributed by atoms with Crippen molar-refractivity contribution in [3.63, 3.8) is 0 Å². The van der Waals surface area contributed by atoms with Gasteiger partial charge < -0.3 is 5.32 Å². The molecule has 0 aliphatic heterocycles. The maximum Gasteiger partial charge on any atom is 0.0795 e. The van der Waals surface area contributed by atoms with E-state index in [9.17, 15) is 0 Å². The summed E-state index contributed by atoms with van der Waals surface area (Å²) in [5.74, 6) is 0.682. The van der Waals surface area contributed by atoms with Crippen molar-refractivity contribution in [3.05, 3.63) is 16.6 Å². The highest BCUT2D eigenvalue weighted by atomic mass is 32.1. The smallest absolute Gasteiger partial charge is 0.0795 e. The van der Waals surface area contributed by atoms with E-state index >= 15 is 0 Å². The molecular formula is C11H20N2S. The van der Waals surface area contributed by atoms with Crippen molar-refractivity contribution in [1.29, 1.82) is 0 Å². The minimum atomic E-state index is 0.384. The molecule has 0 bridgehead atoms. The average molecular weight is 212 g/mol. The van der Waals surface area contributed by atoms with Crippen LogP contribution in [-0.2, 0) is 6.54 Å². The number of nitrogens with one attached hydrogen (secondary N) is 1. The number of rotatable bonds is 4. The minimum Gasteiger partial charge on any atom is -0.311 e. The number of nitrogens with zero attached hydrogens (tertiary/aromatic N) is 1. The molecule has 1 aromatic rings. The van der Waals surface area contributed by atoms with E-state index in [1.165, 1.54) is 0 Å². The Morgan fingerprint density at radius 1 is 1.50 bits per heavy atom. The molecule has 1 heterocycles. The lowest BCUT2D eigenvalue weighted by Crippen LogP contribution is -2.29. The van der Waals surface area contributed by atoms with Gasteiger partial charge in [-0.3, -0.25) is 0 Å². The van der Waals surface area contributed by atoms with Gasteiger partial charge in [0.1, 0.15) is 0 Å². The van der Waals surface area contributed by atoms with Crippen molar-refractivity contribution in [2.45, 2.75) is 34.2 Å². The van der Waals surface area contributed by atoms with Crippen LogP contribution in [0.4, 0.5) is 0 Å². The molecule has 1 unspecified atom stereocenters. The second-order valence-corrected chi connectivity index (χ2v) is 5.60. The van der Waals surface area contributed by atoms with E-state index in [2.05, 4.69) is 43.4 Å². The van der Waals surface area contributed by atoms with Crippen LogP contribution in [0.25, 0.3) is 0 Å². The van der Waals surface area contributed by atoms with Crippen LogP contribution in [0.5, 0.6) is 0 Å². The Balaban J connectivity index is 2.22. The molecule has 0 fully saturated rings. The Morgan fingerprint density at radius 3 is 2.71 bits per heavy atom.